The first-order chi connectivity index (χ1) is 12.5. The number of aromatic amines is 1. The molecule has 0 aliphatic heterocycles. The molecule has 0 fully saturated rings. The van der Waals surface area contributed by atoms with Crippen molar-refractivity contribution in [1.29, 1.82) is 0 Å². The average molecular weight is 355 g/mol. The molecule has 0 saturated heterocycles. The van der Waals surface area contributed by atoms with Gasteiger partial charge in [0.05, 0.1) is 23.9 Å². The van der Waals surface area contributed by atoms with Gasteiger partial charge in [0.2, 0.25) is 5.95 Å². The third kappa shape index (κ3) is 3.74. The zero-order valence-electron chi connectivity index (χ0n) is 14.9. The molecule has 0 bridgehead atoms. The summed E-state index contributed by atoms with van der Waals surface area (Å²) in [5.41, 5.74) is 0.956. The van der Waals surface area contributed by atoms with E-state index < -0.39 is 0 Å². The molecule has 0 amide bonds. The van der Waals surface area contributed by atoms with Gasteiger partial charge < -0.3 is 10.1 Å². The minimum Gasteiger partial charge on any atom is -0.463 e. The monoisotopic (exact) mass is 355 g/mol. The molecule has 0 spiro atoms. The fourth-order valence-corrected chi connectivity index (χ4v) is 2.44. The molecule has 8 nitrogen and oxygen atoms in total. The first-order valence-electron chi connectivity index (χ1n) is 8.43. The van der Waals surface area contributed by atoms with Gasteiger partial charge in [-0.05, 0) is 26.0 Å². The molecule has 0 saturated carbocycles. The van der Waals surface area contributed by atoms with Gasteiger partial charge in [0.15, 0.2) is 5.65 Å². The fraction of sp³-hybridized carbons (Fsp3) is 0.333. The van der Waals surface area contributed by atoms with Crippen molar-refractivity contribution >= 4 is 23.0 Å². The van der Waals surface area contributed by atoms with Crippen LogP contribution in [0.25, 0.3) is 16.7 Å². The van der Waals surface area contributed by atoms with Crippen LogP contribution in [0.2, 0.25) is 0 Å². The highest BCUT2D eigenvalue weighted by atomic mass is 16.5. The maximum absolute atomic E-state index is 12.3. The third-order valence-electron chi connectivity index (χ3n) is 3.77. The van der Waals surface area contributed by atoms with Crippen molar-refractivity contribution in [3.63, 3.8) is 0 Å². The molecule has 3 rings (SSSR count). The summed E-state index contributed by atoms with van der Waals surface area (Å²) in [5.74, 6) is -0.396. The van der Waals surface area contributed by atoms with Crippen LogP contribution in [0.1, 0.15) is 20.8 Å². The second-order valence-electron chi connectivity index (χ2n) is 6.31. The number of anilines is 1. The summed E-state index contributed by atoms with van der Waals surface area (Å²) in [5, 5.41) is 7.64. The SMILES string of the molecule is CC(C)OC(=O)C(C)CNc1nc2c(cnn2-c2ccccc2)c(=O)[nH]1. The van der Waals surface area contributed by atoms with E-state index in [1.807, 2.05) is 30.3 Å². The Morgan fingerprint density at radius 2 is 2.00 bits per heavy atom. The first kappa shape index (κ1) is 17.7. The van der Waals surface area contributed by atoms with Crippen molar-refractivity contribution in [2.45, 2.75) is 26.9 Å². The van der Waals surface area contributed by atoms with E-state index in [4.69, 9.17) is 4.74 Å². The molecule has 8 heteroatoms. The van der Waals surface area contributed by atoms with Gasteiger partial charge in [-0.1, -0.05) is 25.1 Å². The topological polar surface area (TPSA) is 102 Å². The normalized spacial score (nSPS) is 12.3. The summed E-state index contributed by atoms with van der Waals surface area (Å²) in [6.45, 7) is 5.65. The Balaban J connectivity index is 1.84. The number of nitrogens with zero attached hydrogens (tertiary/aromatic N) is 3. The molecule has 26 heavy (non-hydrogen) atoms. The molecule has 1 unspecified atom stereocenters. The largest absolute Gasteiger partial charge is 0.463 e. The first-order valence-corrected chi connectivity index (χ1v) is 8.43. The molecule has 0 radical (unpaired) electrons. The molecule has 2 heterocycles. The van der Waals surface area contributed by atoms with E-state index in [1.165, 1.54) is 6.20 Å². The molecule has 2 N–H and O–H groups in total. The Kier molecular flexibility index (Phi) is 5.01. The van der Waals surface area contributed by atoms with Gasteiger partial charge in [0, 0.05) is 6.54 Å². The lowest BCUT2D eigenvalue weighted by molar-refractivity contribution is -0.151. The summed E-state index contributed by atoms with van der Waals surface area (Å²) in [7, 11) is 0. The Labute approximate surface area is 150 Å². The van der Waals surface area contributed by atoms with Crippen LogP contribution in [-0.2, 0) is 9.53 Å². The lowest BCUT2D eigenvalue weighted by Crippen LogP contribution is -2.26. The number of esters is 1. The summed E-state index contributed by atoms with van der Waals surface area (Å²) in [4.78, 5) is 31.3. The maximum atomic E-state index is 12.3. The molecular weight excluding hydrogens is 334 g/mol. The van der Waals surface area contributed by atoms with Gasteiger partial charge in [-0.15, -0.1) is 0 Å². The lowest BCUT2D eigenvalue weighted by Gasteiger charge is -2.14. The van der Waals surface area contributed by atoms with Crippen molar-refractivity contribution in [3.05, 3.63) is 46.9 Å². The van der Waals surface area contributed by atoms with Gasteiger partial charge in [0.25, 0.3) is 5.56 Å². The summed E-state index contributed by atoms with van der Waals surface area (Å²) in [6, 6.07) is 9.44. The van der Waals surface area contributed by atoms with Crippen LogP contribution in [0.3, 0.4) is 0 Å². The summed E-state index contributed by atoms with van der Waals surface area (Å²) in [6.07, 6.45) is 1.32. The van der Waals surface area contributed by atoms with Gasteiger partial charge in [-0.2, -0.15) is 10.1 Å². The zero-order chi connectivity index (χ0) is 18.7. The molecule has 2 aromatic heterocycles. The van der Waals surface area contributed by atoms with E-state index in [-0.39, 0.29) is 29.5 Å². The maximum Gasteiger partial charge on any atom is 0.310 e. The van der Waals surface area contributed by atoms with Crippen molar-refractivity contribution < 1.29 is 9.53 Å². The molecular formula is C18H21N5O3. The number of benzene rings is 1. The number of hydrogen-bond acceptors (Lipinski definition) is 6. The number of rotatable bonds is 6. The number of hydrogen-bond donors (Lipinski definition) is 2. The number of fused-ring (bicyclic) bond motifs is 1. The second-order valence-corrected chi connectivity index (χ2v) is 6.31. The highest BCUT2D eigenvalue weighted by Gasteiger charge is 2.17. The van der Waals surface area contributed by atoms with Crippen LogP contribution < -0.4 is 10.9 Å². The second kappa shape index (κ2) is 7.38. The zero-order valence-corrected chi connectivity index (χ0v) is 14.9. The van der Waals surface area contributed by atoms with Crippen molar-refractivity contribution in [2.24, 2.45) is 5.92 Å². The highest BCUT2D eigenvalue weighted by molar-refractivity contribution is 5.76. The number of para-hydroxylation sites is 1. The standard InChI is InChI=1S/C18H21N5O3/c1-11(2)26-17(25)12(3)9-19-18-21-15-14(16(24)22-18)10-20-23(15)13-7-5-4-6-8-13/h4-8,10-12H,9H2,1-3H3,(H2,19,21,22,24). The number of aromatic nitrogens is 4. The van der Waals surface area contributed by atoms with Crippen LogP contribution in [0, 0.1) is 5.92 Å². The average Bonchev–Trinajstić information content (AvgIpc) is 3.04. The highest BCUT2D eigenvalue weighted by Crippen LogP contribution is 2.14. The lowest BCUT2D eigenvalue weighted by atomic mass is 10.2. The fourth-order valence-electron chi connectivity index (χ4n) is 2.44. The molecule has 1 aromatic carbocycles. The Morgan fingerprint density at radius 3 is 2.69 bits per heavy atom. The van der Waals surface area contributed by atoms with E-state index in [0.717, 1.165) is 5.69 Å². The Bertz CT molecular complexity index is 962. The quantitative estimate of drug-likeness (QED) is 0.657. The van der Waals surface area contributed by atoms with E-state index >= 15 is 0 Å². The van der Waals surface area contributed by atoms with Gasteiger partial charge >= 0.3 is 5.97 Å². The predicted octanol–water partition coefficient (Wildman–Crippen LogP) is 2.11. The molecule has 136 valence electrons. The third-order valence-corrected chi connectivity index (χ3v) is 3.77. The van der Waals surface area contributed by atoms with E-state index in [2.05, 4.69) is 20.4 Å². The minimum absolute atomic E-state index is 0.167. The van der Waals surface area contributed by atoms with Gasteiger partial charge in [-0.3, -0.25) is 14.6 Å². The smallest absolute Gasteiger partial charge is 0.310 e. The molecule has 1 atom stereocenters. The van der Waals surface area contributed by atoms with Gasteiger partial charge in [0.1, 0.15) is 5.39 Å². The van der Waals surface area contributed by atoms with Crippen molar-refractivity contribution in [3.8, 4) is 5.69 Å². The van der Waals surface area contributed by atoms with Crippen LogP contribution in [0.4, 0.5) is 5.95 Å². The van der Waals surface area contributed by atoms with Crippen LogP contribution in [0.5, 0.6) is 0 Å². The van der Waals surface area contributed by atoms with Crippen molar-refractivity contribution in [1.82, 2.24) is 19.7 Å². The number of ether oxygens (including phenoxy) is 1. The van der Waals surface area contributed by atoms with Crippen LogP contribution in [0.15, 0.2) is 41.3 Å². The van der Waals surface area contributed by atoms with Crippen LogP contribution >= 0.6 is 0 Å². The summed E-state index contributed by atoms with van der Waals surface area (Å²) >= 11 is 0. The Hall–Kier alpha value is -3.16. The number of nitrogens with one attached hydrogen (secondary N) is 2. The molecule has 3 aromatic rings. The van der Waals surface area contributed by atoms with Crippen molar-refractivity contribution in [2.75, 3.05) is 11.9 Å². The van der Waals surface area contributed by atoms with E-state index in [0.29, 0.717) is 17.6 Å². The molecule has 0 aliphatic carbocycles. The number of H-pyrrole nitrogens is 1. The van der Waals surface area contributed by atoms with Gasteiger partial charge in [-0.25, -0.2) is 4.68 Å². The Morgan fingerprint density at radius 1 is 1.27 bits per heavy atom. The van der Waals surface area contributed by atoms with Crippen LogP contribution in [-0.4, -0.2) is 38.4 Å². The van der Waals surface area contributed by atoms with E-state index in [1.54, 1.807) is 25.5 Å². The summed E-state index contributed by atoms with van der Waals surface area (Å²) < 4.78 is 6.78. The predicted molar refractivity (Wildman–Crippen MR) is 98.4 cm³/mol. The minimum atomic E-state index is -0.377. The number of carbonyl (C=O) groups is 1. The molecule has 0 aliphatic rings. The number of carbonyl (C=O) groups excluding carboxylic acids is 1. The van der Waals surface area contributed by atoms with E-state index in [9.17, 15) is 9.59 Å².